The molecule has 3 heterocycles. The molecular weight excluding hydrogens is 416 g/mol. The van der Waals surface area contributed by atoms with Crippen molar-refractivity contribution in [3.8, 4) is 0 Å². The lowest BCUT2D eigenvalue weighted by molar-refractivity contribution is 0.0880. The van der Waals surface area contributed by atoms with Crippen LogP contribution in [0.5, 0.6) is 0 Å². The molecule has 0 fully saturated rings. The van der Waals surface area contributed by atoms with Gasteiger partial charge >= 0.3 is 0 Å². The number of azide groups is 1. The first-order chi connectivity index (χ1) is 16.1. The van der Waals surface area contributed by atoms with Crippen molar-refractivity contribution in [1.29, 1.82) is 0 Å². The minimum atomic E-state index is -0.346. The van der Waals surface area contributed by atoms with Gasteiger partial charge in [-0.3, -0.25) is 14.9 Å². The molecular formula is C25H20N6O2. The zero-order valence-electron chi connectivity index (χ0n) is 18.0. The highest BCUT2D eigenvalue weighted by atomic mass is 16.2. The number of nitrogens with one attached hydrogen (secondary N) is 1. The molecule has 2 amide bonds. The molecule has 0 saturated heterocycles. The van der Waals surface area contributed by atoms with Crippen LogP contribution in [0.3, 0.4) is 0 Å². The second-order valence-electron chi connectivity index (χ2n) is 8.39. The van der Waals surface area contributed by atoms with E-state index in [2.05, 4.69) is 30.5 Å². The monoisotopic (exact) mass is 436 g/mol. The van der Waals surface area contributed by atoms with E-state index in [1.807, 2.05) is 49.5 Å². The summed E-state index contributed by atoms with van der Waals surface area (Å²) >= 11 is 0. The van der Waals surface area contributed by atoms with Crippen LogP contribution in [0, 0.1) is 0 Å². The molecule has 6 rings (SSSR count). The Morgan fingerprint density at radius 3 is 2.18 bits per heavy atom. The predicted molar refractivity (Wildman–Crippen MR) is 128 cm³/mol. The van der Waals surface area contributed by atoms with Crippen molar-refractivity contribution in [2.75, 3.05) is 6.54 Å². The molecule has 5 aromatic rings. The first kappa shape index (κ1) is 19.4. The zero-order valence-corrected chi connectivity index (χ0v) is 18.0. The van der Waals surface area contributed by atoms with Gasteiger partial charge in [0, 0.05) is 57.6 Å². The third-order valence-corrected chi connectivity index (χ3v) is 6.69. The number of unbranched alkanes of at least 4 members (excludes halogenated alkanes) is 1. The third-order valence-electron chi connectivity index (χ3n) is 6.69. The Balaban J connectivity index is 1.80. The molecule has 0 bridgehead atoms. The summed E-state index contributed by atoms with van der Waals surface area (Å²) in [5.74, 6) is -0.689. The molecule has 3 aromatic carbocycles. The van der Waals surface area contributed by atoms with Gasteiger partial charge in [-0.25, -0.2) is 0 Å². The lowest BCUT2D eigenvalue weighted by Gasteiger charge is -2.11. The zero-order chi connectivity index (χ0) is 22.7. The molecule has 1 aliphatic heterocycles. The molecule has 8 heteroatoms. The van der Waals surface area contributed by atoms with Crippen molar-refractivity contribution in [3.63, 3.8) is 0 Å². The summed E-state index contributed by atoms with van der Waals surface area (Å²) in [6.07, 6.45) is 1.58. The molecule has 0 radical (unpaired) electrons. The topological polar surface area (TPSA) is 105 Å². The second-order valence-corrected chi connectivity index (χ2v) is 8.39. The average molecular weight is 436 g/mol. The number of hydrogen-bond acceptors (Lipinski definition) is 3. The van der Waals surface area contributed by atoms with Crippen LogP contribution < -0.4 is 5.32 Å². The summed E-state index contributed by atoms with van der Waals surface area (Å²) in [4.78, 5) is 28.9. The van der Waals surface area contributed by atoms with Crippen molar-refractivity contribution >= 4 is 55.4 Å². The summed E-state index contributed by atoms with van der Waals surface area (Å²) < 4.78 is 4.37. The molecule has 2 aromatic heterocycles. The fraction of sp³-hybridized carbons (Fsp3) is 0.200. The third kappa shape index (κ3) is 2.55. The number of carbonyl (C=O) groups excluding carboxylic acids is 2. The van der Waals surface area contributed by atoms with Crippen molar-refractivity contribution in [1.82, 2.24) is 14.5 Å². The molecule has 0 saturated carbocycles. The Morgan fingerprint density at radius 2 is 1.48 bits per heavy atom. The number of para-hydroxylation sites is 2. The number of fused-ring (bicyclic) bond motifs is 10. The smallest absolute Gasteiger partial charge is 0.259 e. The van der Waals surface area contributed by atoms with E-state index in [9.17, 15) is 9.59 Å². The van der Waals surface area contributed by atoms with Gasteiger partial charge in [-0.1, -0.05) is 41.5 Å². The molecule has 8 nitrogen and oxygen atoms in total. The minimum absolute atomic E-state index is 0.343. The van der Waals surface area contributed by atoms with Gasteiger partial charge in [-0.2, -0.15) is 0 Å². The van der Waals surface area contributed by atoms with E-state index >= 15 is 0 Å². The Kier molecular flexibility index (Phi) is 4.18. The standard InChI is InChI=1S/C25H20N6O2/c1-30-16-10-4-2-8-14(16)18-20-21(25(33)28-24(20)32)19-15-9-3-5-11-17(15)31(23(19)22(18)30)13-7-6-12-27-29-26/h2-5,8-11H,6-7,12-13H2,1H3,(H,28,32,33). The lowest BCUT2D eigenvalue weighted by Crippen LogP contribution is -2.20. The number of imide groups is 1. The summed E-state index contributed by atoms with van der Waals surface area (Å²) in [5, 5.41) is 9.73. The number of rotatable bonds is 5. The van der Waals surface area contributed by atoms with E-state index in [4.69, 9.17) is 5.53 Å². The first-order valence-electron chi connectivity index (χ1n) is 10.9. The van der Waals surface area contributed by atoms with Crippen molar-refractivity contribution < 1.29 is 9.59 Å². The molecule has 0 spiro atoms. The number of aryl methyl sites for hydroxylation is 2. The van der Waals surface area contributed by atoms with E-state index in [0.29, 0.717) is 24.2 Å². The second kappa shape index (κ2) is 7.12. The van der Waals surface area contributed by atoms with Gasteiger partial charge in [0.05, 0.1) is 22.2 Å². The van der Waals surface area contributed by atoms with E-state index in [-0.39, 0.29) is 11.8 Å². The van der Waals surface area contributed by atoms with Gasteiger partial charge < -0.3 is 9.13 Å². The number of benzene rings is 3. The van der Waals surface area contributed by atoms with E-state index in [0.717, 1.165) is 56.5 Å². The summed E-state index contributed by atoms with van der Waals surface area (Å²) in [6, 6.07) is 16.0. The molecule has 1 N–H and O–H groups in total. The Labute approximate surface area is 188 Å². The Hall–Kier alpha value is -4.29. The van der Waals surface area contributed by atoms with Crippen molar-refractivity contribution in [3.05, 3.63) is 70.1 Å². The Bertz CT molecular complexity index is 1700. The number of hydrogen-bond donors (Lipinski definition) is 1. The van der Waals surface area contributed by atoms with E-state index < -0.39 is 0 Å². The molecule has 0 unspecified atom stereocenters. The van der Waals surface area contributed by atoms with Gasteiger partial charge in [0.2, 0.25) is 0 Å². The predicted octanol–water partition coefficient (Wildman–Crippen LogP) is 5.41. The molecule has 162 valence electrons. The maximum Gasteiger partial charge on any atom is 0.259 e. The number of carbonyl (C=O) groups is 2. The van der Waals surface area contributed by atoms with Crippen LogP contribution in [0.1, 0.15) is 33.6 Å². The molecule has 0 aliphatic carbocycles. The highest BCUT2D eigenvalue weighted by molar-refractivity contribution is 6.39. The first-order valence-corrected chi connectivity index (χ1v) is 10.9. The molecule has 0 atom stereocenters. The number of nitrogens with zero attached hydrogens (tertiary/aromatic N) is 5. The molecule has 33 heavy (non-hydrogen) atoms. The van der Waals surface area contributed by atoms with Crippen LogP contribution in [-0.2, 0) is 13.6 Å². The quantitative estimate of drug-likeness (QED) is 0.131. The summed E-state index contributed by atoms with van der Waals surface area (Å²) in [6.45, 7) is 1.15. The average Bonchev–Trinajstić information content (AvgIpc) is 3.42. The van der Waals surface area contributed by atoms with Gasteiger partial charge in [0.1, 0.15) is 0 Å². The van der Waals surface area contributed by atoms with Crippen molar-refractivity contribution in [2.45, 2.75) is 19.4 Å². The van der Waals surface area contributed by atoms with Gasteiger partial charge in [-0.05, 0) is 30.5 Å². The van der Waals surface area contributed by atoms with Gasteiger partial charge in [0.15, 0.2) is 0 Å². The normalized spacial score (nSPS) is 13.2. The van der Waals surface area contributed by atoms with Crippen molar-refractivity contribution in [2.24, 2.45) is 12.2 Å². The van der Waals surface area contributed by atoms with Gasteiger partial charge in [-0.15, -0.1) is 0 Å². The van der Waals surface area contributed by atoms with Gasteiger partial charge in [0.25, 0.3) is 11.8 Å². The van der Waals surface area contributed by atoms with E-state index in [1.54, 1.807) is 0 Å². The lowest BCUT2D eigenvalue weighted by atomic mass is 9.96. The largest absolute Gasteiger partial charge is 0.342 e. The fourth-order valence-corrected chi connectivity index (χ4v) is 5.39. The number of aromatic nitrogens is 2. The number of amides is 2. The van der Waals surface area contributed by atoms with E-state index in [1.165, 1.54) is 0 Å². The Morgan fingerprint density at radius 1 is 0.879 bits per heavy atom. The summed E-state index contributed by atoms with van der Waals surface area (Å²) in [7, 11) is 2.01. The fourth-order valence-electron chi connectivity index (χ4n) is 5.39. The van der Waals surface area contributed by atoms with Crippen LogP contribution in [-0.4, -0.2) is 27.5 Å². The van der Waals surface area contributed by atoms with Crippen LogP contribution in [0.2, 0.25) is 0 Å². The molecule has 1 aliphatic rings. The maximum atomic E-state index is 13.1. The van der Waals surface area contributed by atoms with Crippen LogP contribution in [0.15, 0.2) is 53.6 Å². The van der Waals surface area contributed by atoms with Crippen LogP contribution in [0.25, 0.3) is 54.1 Å². The summed E-state index contributed by atoms with van der Waals surface area (Å²) in [5.41, 5.74) is 13.4. The highest BCUT2D eigenvalue weighted by Gasteiger charge is 2.36. The van der Waals surface area contributed by atoms with Crippen LogP contribution >= 0.6 is 0 Å². The highest BCUT2D eigenvalue weighted by Crippen LogP contribution is 2.44. The maximum absolute atomic E-state index is 13.1. The SMILES string of the molecule is Cn1c2ccccc2c2c3c(c4c5ccccc5n(CCCCN=[N+]=[N-])c4c21)C(=O)NC3=O. The van der Waals surface area contributed by atoms with Crippen LogP contribution in [0.4, 0.5) is 0 Å². The minimum Gasteiger partial charge on any atom is -0.342 e.